The topological polar surface area (TPSA) is 95.9 Å². The number of esters is 1. The van der Waals surface area contributed by atoms with Gasteiger partial charge in [-0.3, -0.25) is 9.59 Å². The van der Waals surface area contributed by atoms with Crippen LogP contribution in [0.3, 0.4) is 0 Å². The van der Waals surface area contributed by atoms with Crippen LogP contribution in [-0.2, 0) is 14.3 Å². The number of hydrogen-bond acceptors (Lipinski definition) is 5. The summed E-state index contributed by atoms with van der Waals surface area (Å²) in [6.45, 7) is 4.96. The van der Waals surface area contributed by atoms with Crippen LogP contribution < -0.4 is 5.32 Å². The second kappa shape index (κ2) is 78.5. The Morgan fingerprint density at radius 2 is 0.562 bits per heavy atom. The first kappa shape index (κ1) is 87.1. The minimum absolute atomic E-state index is 0.0228. The highest BCUT2D eigenvalue weighted by Gasteiger charge is 2.18. The smallest absolute Gasteiger partial charge is 0.305 e. The Bertz CT molecular complexity index is 1440. The van der Waals surface area contributed by atoms with E-state index in [9.17, 15) is 19.8 Å². The van der Waals surface area contributed by atoms with E-state index in [0.29, 0.717) is 19.4 Å². The zero-order valence-corrected chi connectivity index (χ0v) is 60.4. The lowest BCUT2D eigenvalue weighted by atomic mass is 10.0. The van der Waals surface area contributed by atoms with Crippen LogP contribution >= 0.6 is 0 Å². The predicted molar refractivity (Wildman–Crippen MR) is 393 cm³/mol. The van der Waals surface area contributed by atoms with Gasteiger partial charge in [0.2, 0.25) is 5.91 Å². The molecule has 3 N–H and O–H groups in total. The fourth-order valence-electron chi connectivity index (χ4n) is 13.0. The molecule has 2 unspecified atom stereocenters. The van der Waals surface area contributed by atoms with Gasteiger partial charge in [0, 0.05) is 12.8 Å². The highest BCUT2D eigenvalue weighted by molar-refractivity contribution is 5.76. The van der Waals surface area contributed by atoms with Crippen molar-refractivity contribution < 1.29 is 24.5 Å². The molecule has 0 aliphatic carbocycles. The van der Waals surface area contributed by atoms with E-state index in [1.54, 1.807) is 6.08 Å². The maximum Gasteiger partial charge on any atom is 0.305 e. The number of unbranched alkanes of at least 4 members (excludes halogenated alkanes) is 62. The van der Waals surface area contributed by atoms with Crippen molar-refractivity contribution in [2.24, 2.45) is 0 Å². The molecule has 0 bridgehead atoms. The second-order valence-electron chi connectivity index (χ2n) is 28.1. The van der Waals surface area contributed by atoms with Gasteiger partial charge < -0.3 is 20.3 Å². The summed E-state index contributed by atoms with van der Waals surface area (Å²) in [5.74, 6) is -0.0383. The van der Waals surface area contributed by atoms with Crippen molar-refractivity contribution in [3.63, 3.8) is 0 Å². The summed E-state index contributed by atoms with van der Waals surface area (Å²) in [4.78, 5) is 24.6. The Hall–Kier alpha value is -1.92. The van der Waals surface area contributed by atoms with Crippen LogP contribution in [-0.4, -0.2) is 47.4 Å². The molecule has 0 saturated heterocycles. The van der Waals surface area contributed by atoms with Gasteiger partial charge in [-0.15, -0.1) is 0 Å². The molecule has 6 heteroatoms. The zero-order chi connectivity index (χ0) is 64.2. The van der Waals surface area contributed by atoms with E-state index in [1.807, 2.05) is 6.08 Å². The molecule has 0 saturated carbocycles. The van der Waals surface area contributed by atoms with E-state index in [2.05, 4.69) is 43.5 Å². The van der Waals surface area contributed by atoms with Crippen LogP contribution in [0.15, 0.2) is 36.5 Å². The van der Waals surface area contributed by atoms with Gasteiger partial charge in [0.05, 0.1) is 25.4 Å². The van der Waals surface area contributed by atoms with Gasteiger partial charge in [-0.05, 0) is 64.2 Å². The Balaban J connectivity index is 3.37. The lowest BCUT2D eigenvalue weighted by Crippen LogP contribution is -2.45. The van der Waals surface area contributed by atoms with E-state index in [0.717, 1.165) is 44.9 Å². The minimum atomic E-state index is -0.843. The summed E-state index contributed by atoms with van der Waals surface area (Å²) >= 11 is 0. The summed E-state index contributed by atoms with van der Waals surface area (Å²) < 4.78 is 5.51. The number of amides is 1. The van der Waals surface area contributed by atoms with Gasteiger partial charge >= 0.3 is 5.97 Å². The molecular formula is C83H159NO5. The van der Waals surface area contributed by atoms with Gasteiger partial charge in [0.15, 0.2) is 0 Å². The van der Waals surface area contributed by atoms with Crippen LogP contribution in [0.5, 0.6) is 0 Å². The van der Waals surface area contributed by atoms with E-state index in [4.69, 9.17) is 4.74 Å². The number of nitrogens with one attached hydrogen (secondary N) is 1. The maximum absolute atomic E-state index is 12.5. The number of hydrogen-bond donors (Lipinski definition) is 3. The monoisotopic (exact) mass is 1250 g/mol. The number of aliphatic hydroxyl groups excluding tert-OH is 2. The Morgan fingerprint density at radius 3 is 0.854 bits per heavy atom. The third-order valence-corrected chi connectivity index (χ3v) is 19.2. The molecule has 0 heterocycles. The predicted octanol–water partition coefficient (Wildman–Crippen LogP) is 27.0. The Kier molecular flexibility index (Phi) is 76.8. The quantitative estimate of drug-likeness (QED) is 0.0320. The van der Waals surface area contributed by atoms with E-state index in [1.165, 1.54) is 385 Å². The van der Waals surface area contributed by atoms with Gasteiger partial charge in [-0.2, -0.15) is 0 Å². The third-order valence-electron chi connectivity index (χ3n) is 19.2. The molecule has 0 aromatic carbocycles. The number of carbonyl (C=O) groups is 2. The molecule has 0 fully saturated rings. The first-order valence-electron chi connectivity index (χ1n) is 40.8. The zero-order valence-electron chi connectivity index (χ0n) is 60.4. The standard InChI is InChI=1S/C83H159NO5/c1-3-5-7-9-11-13-15-17-19-21-41-44-47-51-55-59-63-67-71-75-81(86)80(79-85)84-82(87)76-72-68-64-60-56-52-48-45-42-39-37-35-33-31-29-27-25-23-22-24-26-28-30-32-34-36-38-40-43-46-50-54-58-62-66-70-74-78-89-83(88)77-73-69-65-61-57-53-49-20-18-16-14-12-10-8-6-4-2/h22,24,28,30,71,75,80-81,85-86H,3-21,23,25-27,29,31-70,72-74,76-79H2,1-2H3,(H,84,87)/b24-22-,30-28-,75-71+. The SMILES string of the molecule is CCCCCCCCCCCCCCCCCCC/C=C/C(O)C(CO)NC(=O)CCCCCCCCCCCCCCCCCCC/C=C\C/C=C\CCCCCCCCCCCCCCCOC(=O)CCCCCCCCCCCCCCCCCC. The van der Waals surface area contributed by atoms with Crippen LogP contribution in [0, 0.1) is 0 Å². The maximum atomic E-state index is 12.5. The lowest BCUT2D eigenvalue weighted by molar-refractivity contribution is -0.143. The molecule has 526 valence electrons. The van der Waals surface area contributed by atoms with Crippen molar-refractivity contribution in [3.05, 3.63) is 36.5 Å². The fourth-order valence-corrected chi connectivity index (χ4v) is 13.0. The molecule has 0 aromatic rings. The average Bonchev–Trinajstić information content (AvgIpc) is 3.59. The number of rotatable bonds is 77. The van der Waals surface area contributed by atoms with Gasteiger partial charge in [0.1, 0.15) is 0 Å². The molecule has 0 radical (unpaired) electrons. The summed E-state index contributed by atoms with van der Waals surface area (Å²) in [6.07, 6.45) is 103. The number of carbonyl (C=O) groups excluding carboxylic acids is 2. The highest BCUT2D eigenvalue weighted by atomic mass is 16.5. The highest BCUT2D eigenvalue weighted by Crippen LogP contribution is 2.20. The van der Waals surface area contributed by atoms with Crippen LogP contribution in [0.2, 0.25) is 0 Å². The third kappa shape index (κ3) is 75.0. The van der Waals surface area contributed by atoms with Crippen molar-refractivity contribution in [2.45, 2.75) is 469 Å². The van der Waals surface area contributed by atoms with Gasteiger partial charge in [-0.1, -0.05) is 416 Å². The van der Waals surface area contributed by atoms with Crippen LogP contribution in [0.25, 0.3) is 0 Å². The first-order chi connectivity index (χ1) is 44.0. The summed E-state index contributed by atoms with van der Waals surface area (Å²) in [5, 5.41) is 23.3. The van der Waals surface area contributed by atoms with Crippen molar-refractivity contribution in [3.8, 4) is 0 Å². The fraction of sp³-hybridized carbons (Fsp3) is 0.904. The summed E-state index contributed by atoms with van der Waals surface area (Å²) in [6, 6.07) is -0.627. The van der Waals surface area contributed by atoms with E-state index in [-0.39, 0.29) is 18.5 Å². The van der Waals surface area contributed by atoms with Crippen LogP contribution in [0.4, 0.5) is 0 Å². The molecule has 6 nitrogen and oxygen atoms in total. The largest absolute Gasteiger partial charge is 0.466 e. The Labute approximate surface area is 557 Å². The van der Waals surface area contributed by atoms with Crippen molar-refractivity contribution in [2.75, 3.05) is 13.2 Å². The molecular weight excluding hydrogens is 1090 g/mol. The summed E-state index contributed by atoms with van der Waals surface area (Å²) in [5.41, 5.74) is 0. The van der Waals surface area contributed by atoms with E-state index >= 15 is 0 Å². The first-order valence-corrected chi connectivity index (χ1v) is 40.8. The normalized spacial score (nSPS) is 12.6. The van der Waals surface area contributed by atoms with E-state index < -0.39 is 12.1 Å². The number of allylic oxidation sites excluding steroid dienone is 5. The molecule has 89 heavy (non-hydrogen) atoms. The Morgan fingerprint density at radius 1 is 0.315 bits per heavy atom. The molecule has 1 amide bonds. The molecule has 0 aliphatic rings. The molecule has 0 spiro atoms. The minimum Gasteiger partial charge on any atom is -0.466 e. The number of ether oxygens (including phenoxy) is 1. The number of aliphatic hydroxyl groups is 2. The molecule has 0 aromatic heterocycles. The summed E-state index contributed by atoms with van der Waals surface area (Å²) in [7, 11) is 0. The lowest BCUT2D eigenvalue weighted by Gasteiger charge is -2.20. The second-order valence-corrected chi connectivity index (χ2v) is 28.1. The van der Waals surface area contributed by atoms with Crippen molar-refractivity contribution in [1.29, 1.82) is 0 Å². The van der Waals surface area contributed by atoms with Gasteiger partial charge in [-0.25, -0.2) is 0 Å². The van der Waals surface area contributed by atoms with Crippen molar-refractivity contribution in [1.82, 2.24) is 5.32 Å². The van der Waals surface area contributed by atoms with Crippen molar-refractivity contribution >= 4 is 11.9 Å². The molecule has 2 atom stereocenters. The molecule has 0 aliphatic heterocycles. The average molecular weight is 1250 g/mol. The van der Waals surface area contributed by atoms with Gasteiger partial charge in [0.25, 0.3) is 0 Å². The molecule has 0 rings (SSSR count). The van der Waals surface area contributed by atoms with Crippen LogP contribution in [0.1, 0.15) is 457 Å².